The van der Waals surface area contributed by atoms with Gasteiger partial charge in [0.15, 0.2) is 5.76 Å². The Hall–Kier alpha value is -2.30. The summed E-state index contributed by atoms with van der Waals surface area (Å²) < 4.78 is 5.08. The topological polar surface area (TPSA) is 58.4 Å². The fourth-order valence-corrected chi connectivity index (χ4v) is 2.29. The van der Waals surface area contributed by atoms with Gasteiger partial charge in [0, 0.05) is 25.3 Å². The van der Waals surface area contributed by atoms with Gasteiger partial charge in [-0.25, -0.2) is 4.98 Å². The normalized spacial score (nSPS) is 18.5. The molecule has 98 valence electrons. The van der Waals surface area contributed by atoms with Crippen molar-refractivity contribution in [2.24, 2.45) is 0 Å². The third-order valence-corrected chi connectivity index (χ3v) is 3.24. The first-order chi connectivity index (χ1) is 9.33. The number of rotatable bonds is 3. The lowest BCUT2D eigenvalue weighted by atomic mass is 10.2. The Kier molecular flexibility index (Phi) is 3.18. The van der Waals surface area contributed by atoms with Crippen LogP contribution in [0.1, 0.15) is 17.0 Å². The lowest BCUT2D eigenvalue weighted by Gasteiger charge is -2.17. The van der Waals surface area contributed by atoms with Crippen molar-refractivity contribution < 1.29 is 9.21 Å². The molecule has 1 aliphatic heterocycles. The van der Waals surface area contributed by atoms with Crippen molar-refractivity contribution in [2.45, 2.75) is 12.5 Å². The fourth-order valence-electron chi connectivity index (χ4n) is 2.29. The van der Waals surface area contributed by atoms with Crippen LogP contribution in [0.2, 0.25) is 0 Å². The van der Waals surface area contributed by atoms with Crippen LogP contribution in [-0.2, 0) is 0 Å². The smallest absolute Gasteiger partial charge is 0.287 e. The summed E-state index contributed by atoms with van der Waals surface area (Å²) >= 11 is 0. The summed E-state index contributed by atoms with van der Waals surface area (Å²) in [5, 5.41) is 2.98. The second-order valence-electron chi connectivity index (χ2n) is 4.57. The van der Waals surface area contributed by atoms with Gasteiger partial charge >= 0.3 is 0 Å². The SMILES string of the molecule is O=C(N[C@@H]1CCN(c2ccccn2)C1)c1ccco1. The predicted molar refractivity (Wildman–Crippen MR) is 71.0 cm³/mol. The molecule has 19 heavy (non-hydrogen) atoms. The van der Waals surface area contributed by atoms with Crippen LogP contribution in [0, 0.1) is 0 Å². The summed E-state index contributed by atoms with van der Waals surface area (Å²) in [6.07, 6.45) is 4.21. The quantitative estimate of drug-likeness (QED) is 0.909. The molecular weight excluding hydrogens is 242 g/mol. The van der Waals surface area contributed by atoms with Crippen molar-refractivity contribution in [3.8, 4) is 0 Å². The molecule has 5 nitrogen and oxygen atoms in total. The van der Waals surface area contributed by atoms with E-state index in [-0.39, 0.29) is 11.9 Å². The second kappa shape index (κ2) is 5.14. The van der Waals surface area contributed by atoms with Crippen molar-refractivity contribution >= 4 is 11.7 Å². The van der Waals surface area contributed by atoms with Crippen molar-refractivity contribution in [3.05, 3.63) is 48.6 Å². The minimum absolute atomic E-state index is 0.139. The minimum atomic E-state index is -0.155. The highest BCUT2D eigenvalue weighted by Crippen LogP contribution is 2.17. The third-order valence-electron chi connectivity index (χ3n) is 3.24. The lowest BCUT2D eigenvalue weighted by molar-refractivity contribution is 0.0912. The summed E-state index contributed by atoms with van der Waals surface area (Å²) in [7, 11) is 0. The van der Waals surface area contributed by atoms with Gasteiger partial charge in [0.25, 0.3) is 5.91 Å². The molecular formula is C14H15N3O2. The second-order valence-corrected chi connectivity index (χ2v) is 4.57. The molecule has 1 aliphatic rings. The van der Waals surface area contributed by atoms with Gasteiger partial charge in [-0.1, -0.05) is 6.07 Å². The number of nitrogens with zero attached hydrogens (tertiary/aromatic N) is 2. The number of anilines is 1. The van der Waals surface area contributed by atoms with E-state index in [0.717, 1.165) is 25.3 Å². The number of furan rings is 1. The van der Waals surface area contributed by atoms with Crippen LogP contribution in [0.15, 0.2) is 47.2 Å². The van der Waals surface area contributed by atoms with Crippen molar-refractivity contribution in [2.75, 3.05) is 18.0 Å². The van der Waals surface area contributed by atoms with Gasteiger partial charge < -0.3 is 14.6 Å². The van der Waals surface area contributed by atoms with E-state index < -0.39 is 0 Å². The fraction of sp³-hybridized carbons (Fsp3) is 0.286. The zero-order valence-corrected chi connectivity index (χ0v) is 10.5. The molecule has 3 heterocycles. The van der Waals surface area contributed by atoms with E-state index in [0.29, 0.717) is 5.76 Å². The minimum Gasteiger partial charge on any atom is -0.459 e. The van der Waals surface area contributed by atoms with Crippen LogP contribution in [-0.4, -0.2) is 30.0 Å². The van der Waals surface area contributed by atoms with Gasteiger partial charge in [0.05, 0.1) is 6.26 Å². The van der Waals surface area contributed by atoms with Crippen LogP contribution in [0.25, 0.3) is 0 Å². The molecule has 1 N–H and O–H groups in total. The number of carbonyl (C=O) groups is 1. The standard InChI is InChI=1S/C14H15N3O2/c18-14(12-4-3-9-19-12)16-11-6-8-17(10-11)13-5-1-2-7-15-13/h1-5,7,9,11H,6,8,10H2,(H,16,18)/t11-/m1/s1. The van der Waals surface area contributed by atoms with Crippen LogP contribution in [0.3, 0.4) is 0 Å². The average Bonchev–Trinajstić information content (AvgIpc) is 3.11. The first kappa shape index (κ1) is 11.8. The highest BCUT2D eigenvalue weighted by Gasteiger charge is 2.25. The summed E-state index contributed by atoms with van der Waals surface area (Å²) in [6.45, 7) is 1.68. The molecule has 3 rings (SSSR count). The molecule has 0 aliphatic carbocycles. The molecule has 0 bridgehead atoms. The molecule has 5 heteroatoms. The van der Waals surface area contributed by atoms with E-state index in [4.69, 9.17) is 4.42 Å². The molecule has 0 radical (unpaired) electrons. The Morgan fingerprint density at radius 3 is 3.05 bits per heavy atom. The summed E-state index contributed by atoms with van der Waals surface area (Å²) in [5.41, 5.74) is 0. The molecule has 1 amide bonds. The zero-order valence-electron chi connectivity index (χ0n) is 10.5. The van der Waals surface area contributed by atoms with Crippen LogP contribution in [0.5, 0.6) is 0 Å². The first-order valence-electron chi connectivity index (χ1n) is 6.33. The number of hydrogen-bond donors (Lipinski definition) is 1. The molecule has 2 aromatic heterocycles. The molecule has 1 saturated heterocycles. The lowest BCUT2D eigenvalue weighted by Crippen LogP contribution is -2.37. The summed E-state index contributed by atoms with van der Waals surface area (Å²) in [4.78, 5) is 18.4. The Labute approximate surface area is 111 Å². The zero-order chi connectivity index (χ0) is 13.1. The monoisotopic (exact) mass is 257 g/mol. The number of pyridine rings is 1. The molecule has 1 fully saturated rings. The van der Waals surface area contributed by atoms with Crippen molar-refractivity contribution in [1.82, 2.24) is 10.3 Å². The van der Waals surface area contributed by atoms with E-state index in [9.17, 15) is 4.79 Å². The van der Waals surface area contributed by atoms with Gasteiger partial charge in [-0.05, 0) is 30.7 Å². The third kappa shape index (κ3) is 2.59. The maximum atomic E-state index is 11.9. The number of nitrogens with one attached hydrogen (secondary N) is 1. The molecule has 0 saturated carbocycles. The largest absolute Gasteiger partial charge is 0.459 e. The van der Waals surface area contributed by atoms with Crippen LogP contribution >= 0.6 is 0 Å². The maximum absolute atomic E-state index is 11.9. The van der Waals surface area contributed by atoms with Gasteiger partial charge in [0.2, 0.25) is 0 Å². The Balaban J connectivity index is 1.59. The predicted octanol–water partition coefficient (Wildman–Crippen LogP) is 1.68. The molecule has 2 aromatic rings. The van der Waals surface area contributed by atoms with Crippen LogP contribution < -0.4 is 10.2 Å². The van der Waals surface area contributed by atoms with Crippen LogP contribution in [0.4, 0.5) is 5.82 Å². The Morgan fingerprint density at radius 2 is 2.32 bits per heavy atom. The van der Waals surface area contributed by atoms with Crippen molar-refractivity contribution in [1.29, 1.82) is 0 Å². The summed E-state index contributed by atoms with van der Waals surface area (Å²) in [6, 6.07) is 9.37. The number of aromatic nitrogens is 1. The van der Waals surface area contributed by atoms with Crippen molar-refractivity contribution in [3.63, 3.8) is 0 Å². The molecule has 0 unspecified atom stereocenters. The highest BCUT2D eigenvalue weighted by atomic mass is 16.3. The van der Waals surface area contributed by atoms with E-state index in [1.807, 2.05) is 18.2 Å². The Morgan fingerprint density at radius 1 is 1.37 bits per heavy atom. The van der Waals surface area contributed by atoms with Gasteiger partial charge in [-0.15, -0.1) is 0 Å². The van der Waals surface area contributed by atoms with E-state index in [1.165, 1.54) is 6.26 Å². The number of carbonyl (C=O) groups excluding carboxylic acids is 1. The van der Waals surface area contributed by atoms with Gasteiger partial charge in [0.1, 0.15) is 5.82 Å². The van der Waals surface area contributed by atoms with Gasteiger partial charge in [-0.2, -0.15) is 0 Å². The molecule has 0 spiro atoms. The molecule has 1 atom stereocenters. The van der Waals surface area contributed by atoms with Gasteiger partial charge in [-0.3, -0.25) is 4.79 Å². The first-order valence-corrected chi connectivity index (χ1v) is 6.33. The average molecular weight is 257 g/mol. The highest BCUT2D eigenvalue weighted by molar-refractivity contribution is 5.91. The van der Waals surface area contributed by atoms with E-state index in [1.54, 1.807) is 18.3 Å². The maximum Gasteiger partial charge on any atom is 0.287 e. The number of amides is 1. The molecule has 0 aromatic carbocycles. The van der Waals surface area contributed by atoms with E-state index >= 15 is 0 Å². The van der Waals surface area contributed by atoms with E-state index in [2.05, 4.69) is 15.2 Å². The number of hydrogen-bond acceptors (Lipinski definition) is 4. The summed E-state index contributed by atoms with van der Waals surface area (Å²) in [5.74, 6) is 1.16. The Bertz CT molecular complexity index is 539.